The van der Waals surface area contributed by atoms with Gasteiger partial charge in [-0.15, -0.1) is 0 Å². The highest BCUT2D eigenvalue weighted by Gasteiger charge is 2.53. The minimum Gasteiger partial charge on any atom is -0.394 e. The number of methoxy groups -OCH3 is 1. The van der Waals surface area contributed by atoms with E-state index in [4.69, 9.17) is 28.4 Å². The third kappa shape index (κ3) is 5.39. The Morgan fingerprint density at radius 1 is 0.559 bits per heavy atom. The summed E-state index contributed by atoms with van der Waals surface area (Å²) in [5.41, 5.74) is 0. The van der Waals surface area contributed by atoms with Crippen LogP contribution in [0.1, 0.15) is 6.92 Å². The maximum atomic E-state index is 10.7. The monoisotopic (exact) mass is 502 g/mol. The van der Waals surface area contributed by atoms with E-state index in [0.29, 0.717) is 0 Å². The number of hydrogen-bond donors (Lipinski definition) is 9. The van der Waals surface area contributed by atoms with Gasteiger partial charge in [-0.1, -0.05) is 0 Å². The summed E-state index contributed by atoms with van der Waals surface area (Å²) in [6.07, 6.45) is -22.7. The number of aliphatic hydroxyl groups is 9. The van der Waals surface area contributed by atoms with Crippen molar-refractivity contribution in [3.8, 4) is 0 Å². The molecule has 3 saturated heterocycles. The first-order chi connectivity index (χ1) is 16.0. The minimum atomic E-state index is -1.77. The second-order valence-corrected chi connectivity index (χ2v) is 8.53. The fourth-order valence-electron chi connectivity index (χ4n) is 4.14. The van der Waals surface area contributed by atoms with Crippen LogP contribution in [0.4, 0.5) is 0 Å². The molecule has 0 bridgehead atoms. The summed E-state index contributed by atoms with van der Waals surface area (Å²) in [5.74, 6) is 0. The second-order valence-electron chi connectivity index (χ2n) is 8.53. The van der Waals surface area contributed by atoms with E-state index in [1.165, 1.54) is 14.0 Å². The van der Waals surface area contributed by atoms with Gasteiger partial charge < -0.3 is 74.4 Å². The third-order valence-corrected chi connectivity index (χ3v) is 6.27. The molecule has 0 saturated carbocycles. The van der Waals surface area contributed by atoms with Crippen LogP contribution >= 0.6 is 0 Å². The van der Waals surface area contributed by atoms with Crippen LogP contribution in [0.3, 0.4) is 0 Å². The molecule has 34 heavy (non-hydrogen) atoms. The van der Waals surface area contributed by atoms with Crippen molar-refractivity contribution in [3.05, 3.63) is 0 Å². The lowest BCUT2D eigenvalue weighted by Crippen LogP contribution is -2.66. The van der Waals surface area contributed by atoms with Crippen LogP contribution in [0.15, 0.2) is 0 Å². The largest absolute Gasteiger partial charge is 0.394 e. The zero-order chi connectivity index (χ0) is 25.3. The van der Waals surface area contributed by atoms with Crippen molar-refractivity contribution in [2.75, 3.05) is 20.3 Å². The van der Waals surface area contributed by atoms with Gasteiger partial charge in [0.2, 0.25) is 0 Å². The molecular formula is C19H34O15. The van der Waals surface area contributed by atoms with E-state index in [2.05, 4.69) is 0 Å². The Hall–Kier alpha value is -0.600. The molecule has 0 aromatic carbocycles. The van der Waals surface area contributed by atoms with Crippen molar-refractivity contribution in [2.45, 2.75) is 99.0 Å². The van der Waals surface area contributed by atoms with Gasteiger partial charge in [0, 0.05) is 7.11 Å². The molecule has 3 rings (SSSR count). The van der Waals surface area contributed by atoms with E-state index in [1.54, 1.807) is 0 Å². The van der Waals surface area contributed by atoms with Crippen molar-refractivity contribution in [1.82, 2.24) is 0 Å². The van der Waals surface area contributed by atoms with Crippen LogP contribution in [0.25, 0.3) is 0 Å². The van der Waals surface area contributed by atoms with E-state index in [1.807, 2.05) is 0 Å². The zero-order valence-electron chi connectivity index (χ0n) is 18.5. The highest BCUT2D eigenvalue weighted by atomic mass is 16.8. The van der Waals surface area contributed by atoms with Gasteiger partial charge >= 0.3 is 0 Å². The number of rotatable bonds is 7. The first-order valence-corrected chi connectivity index (χ1v) is 10.8. The lowest BCUT2D eigenvalue weighted by atomic mass is 9.96. The lowest BCUT2D eigenvalue weighted by Gasteiger charge is -2.48. The van der Waals surface area contributed by atoms with Crippen molar-refractivity contribution in [1.29, 1.82) is 0 Å². The van der Waals surface area contributed by atoms with Crippen LogP contribution in [-0.4, -0.2) is 158 Å². The van der Waals surface area contributed by atoms with Gasteiger partial charge in [-0.25, -0.2) is 0 Å². The maximum Gasteiger partial charge on any atom is 0.187 e. The van der Waals surface area contributed by atoms with Gasteiger partial charge in [0.25, 0.3) is 0 Å². The summed E-state index contributed by atoms with van der Waals surface area (Å²) in [5, 5.41) is 90.7. The van der Waals surface area contributed by atoms with Crippen LogP contribution in [0, 0.1) is 0 Å². The summed E-state index contributed by atoms with van der Waals surface area (Å²) >= 11 is 0. The second kappa shape index (κ2) is 11.6. The molecule has 0 aromatic heterocycles. The average Bonchev–Trinajstić information content (AvgIpc) is 2.83. The van der Waals surface area contributed by atoms with E-state index in [0.717, 1.165) is 0 Å². The van der Waals surface area contributed by atoms with Gasteiger partial charge in [0.15, 0.2) is 18.9 Å². The van der Waals surface area contributed by atoms with Crippen molar-refractivity contribution in [3.63, 3.8) is 0 Å². The van der Waals surface area contributed by atoms with Crippen molar-refractivity contribution in [2.24, 2.45) is 0 Å². The van der Waals surface area contributed by atoms with Crippen LogP contribution in [0.2, 0.25) is 0 Å². The summed E-state index contributed by atoms with van der Waals surface area (Å²) in [4.78, 5) is 0. The standard InChI is InChI=1S/C19H34O15/c1-5-8(22)11(25)14(28)17(30-5)33-16-13(27)10(24)7(4-21)32-19(16)34-15-12(26)9(23)6(3-20)31-18(15)29-2/h5-28H,3-4H2,1-2H3/t5-,6+,7+,8+,9+,10-,11+,12-,13-,14-,15+,16+,17-,18+,19-/m0/s1. The third-order valence-electron chi connectivity index (χ3n) is 6.27. The smallest absolute Gasteiger partial charge is 0.187 e. The molecule has 0 radical (unpaired) electrons. The van der Waals surface area contributed by atoms with E-state index >= 15 is 0 Å². The zero-order valence-corrected chi connectivity index (χ0v) is 18.5. The molecule has 3 aliphatic rings. The van der Waals surface area contributed by atoms with Gasteiger partial charge in [-0.3, -0.25) is 0 Å². The molecule has 0 spiro atoms. The summed E-state index contributed by atoms with van der Waals surface area (Å²) in [6, 6.07) is 0. The minimum absolute atomic E-state index is 0.628. The van der Waals surface area contributed by atoms with Gasteiger partial charge in [0.1, 0.15) is 67.1 Å². The maximum absolute atomic E-state index is 10.7. The first-order valence-electron chi connectivity index (χ1n) is 10.8. The Morgan fingerprint density at radius 3 is 1.53 bits per heavy atom. The molecule has 0 aliphatic carbocycles. The van der Waals surface area contributed by atoms with Gasteiger partial charge in [-0.05, 0) is 6.92 Å². The Labute approximate surface area is 194 Å². The molecule has 0 aromatic rings. The van der Waals surface area contributed by atoms with Crippen LogP contribution in [0.5, 0.6) is 0 Å². The molecule has 9 N–H and O–H groups in total. The Kier molecular flexibility index (Phi) is 9.57. The Morgan fingerprint density at radius 2 is 1.03 bits per heavy atom. The number of ether oxygens (including phenoxy) is 6. The molecule has 200 valence electrons. The molecule has 3 fully saturated rings. The van der Waals surface area contributed by atoms with E-state index < -0.39 is 105 Å². The number of hydrogen-bond acceptors (Lipinski definition) is 15. The fraction of sp³-hybridized carbons (Fsp3) is 1.00. The Balaban J connectivity index is 1.83. The van der Waals surface area contributed by atoms with Gasteiger partial charge in [-0.2, -0.15) is 0 Å². The molecule has 15 heteroatoms. The molecule has 3 aliphatic heterocycles. The topological polar surface area (TPSA) is 237 Å². The van der Waals surface area contributed by atoms with Crippen molar-refractivity contribution < 1.29 is 74.4 Å². The fourth-order valence-corrected chi connectivity index (χ4v) is 4.14. The van der Waals surface area contributed by atoms with Crippen LogP contribution < -0.4 is 0 Å². The lowest BCUT2D eigenvalue weighted by molar-refractivity contribution is -0.391. The molecule has 0 unspecified atom stereocenters. The quantitative estimate of drug-likeness (QED) is 0.157. The van der Waals surface area contributed by atoms with Crippen LogP contribution in [-0.2, 0) is 28.4 Å². The van der Waals surface area contributed by atoms with E-state index in [9.17, 15) is 46.0 Å². The first kappa shape index (κ1) is 28.0. The summed E-state index contributed by atoms with van der Waals surface area (Å²) < 4.78 is 32.7. The highest BCUT2D eigenvalue weighted by molar-refractivity contribution is 4.95. The SMILES string of the molecule is CO[C@@H]1O[C@H](CO)[C@@H](O)[C@H](O)[C@H]1O[C@@H]1O[C@H](CO)[C@H](O)[C@H](O)[C@H]1O[C@@H]1O[C@@H](C)[C@@H](O)[C@@H](O)[C@@H]1O. The van der Waals surface area contributed by atoms with E-state index in [-0.39, 0.29) is 0 Å². The summed E-state index contributed by atoms with van der Waals surface area (Å²) in [7, 11) is 1.21. The molecule has 3 heterocycles. The highest BCUT2D eigenvalue weighted by Crippen LogP contribution is 2.32. The number of aliphatic hydroxyl groups excluding tert-OH is 9. The van der Waals surface area contributed by atoms with Crippen molar-refractivity contribution >= 4 is 0 Å². The summed E-state index contributed by atoms with van der Waals surface area (Å²) in [6.45, 7) is 0.0472. The average molecular weight is 502 g/mol. The Bertz CT molecular complexity index is 639. The molecule has 15 nitrogen and oxygen atoms in total. The molecular weight excluding hydrogens is 468 g/mol. The molecule has 0 amide bonds. The predicted octanol–water partition coefficient (Wildman–Crippen LogP) is -5.89. The normalized spacial score (nSPS) is 52.5. The van der Waals surface area contributed by atoms with Gasteiger partial charge in [0.05, 0.1) is 19.3 Å². The molecule has 15 atom stereocenters. The predicted molar refractivity (Wildman–Crippen MR) is 105 cm³/mol.